The third-order valence-electron chi connectivity index (χ3n) is 7.13. The van der Waals surface area contributed by atoms with Gasteiger partial charge in [-0.2, -0.15) is 0 Å². The number of amides is 2. The van der Waals surface area contributed by atoms with Crippen LogP contribution in [0.5, 0.6) is 0 Å². The quantitative estimate of drug-likeness (QED) is 0.291. The van der Waals surface area contributed by atoms with Crippen molar-refractivity contribution in [1.29, 1.82) is 0 Å². The molecule has 0 bridgehead atoms. The summed E-state index contributed by atoms with van der Waals surface area (Å²) in [6, 6.07) is 17.3. The van der Waals surface area contributed by atoms with Gasteiger partial charge >= 0.3 is 0 Å². The highest BCUT2D eigenvalue weighted by Crippen LogP contribution is 2.29. The zero-order chi connectivity index (χ0) is 27.4. The largest absolute Gasteiger partial charge is 0.357 e. The molecule has 0 spiro atoms. The molecule has 0 unspecified atom stereocenters. The van der Waals surface area contributed by atoms with Crippen molar-refractivity contribution in [3.8, 4) is 11.1 Å². The van der Waals surface area contributed by atoms with Gasteiger partial charge in [-0.05, 0) is 98.4 Å². The van der Waals surface area contributed by atoms with E-state index in [-0.39, 0.29) is 11.8 Å². The van der Waals surface area contributed by atoms with E-state index in [1.54, 1.807) is 13.2 Å². The molecule has 1 fully saturated rings. The number of fused-ring (bicyclic) bond motifs is 1. The van der Waals surface area contributed by atoms with Crippen LogP contribution in [0.1, 0.15) is 40.7 Å². The summed E-state index contributed by atoms with van der Waals surface area (Å²) in [4.78, 5) is 37.2. The first kappa shape index (κ1) is 26.3. The summed E-state index contributed by atoms with van der Waals surface area (Å²) in [5.74, 6) is 0.260. The van der Waals surface area contributed by atoms with Crippen molar-refractivity contribution in [2.45, 2.75) is 33.1 Å². The average Bonchev–Trinajstić information content (AvgIpc) is 2.94. The lowest BCUT2D eigenvalue weighted by Crippen LogP contribution is -2.37. The Kier molecular flexibility index (Phi) is 7.84. The van der Waals surface area contributed by atoms with Crippen molar-refractivity contribution < 1.29 is 9.59 Å². The molecule has 200 valence electrons. The minimum absolute atomic E-state index is 0.0732. The Bertz CT molecular complexity index is 1530. The molecule has 2 amide bonds. The molecule has 39 heavy (non-hydrogen) atoms. The molecule has 8 heteroatoms. The second kappa shape index (κ2) is 11.6. The molecule has 5 rings (SSSR count). The summed E-state index contributed by atoms with van der Waals surface area (Å²) in [5.41, 5.74) is 6.54. The summed E-state index contributed by atoms with van der Waals surface area (Å²) in [6.07, 6.45) is 5.27. The maximum Gasteiger partial charge on any atom is 0.255 e. The van der Waals surface area contributed by atoms with E-state index in [0.29, 0.717) is 29.4 Å². The van der Waals surface area contributed by atoms with Crippen LogP contribution in [-0.4, -0.2) is 53.4 Å². The highest BCUT2D eigenvalue weighted by Gasteiger charge is 2.17. The Balaban J connectivity index is 1.36. The van der Waals surface area contributed by atoms with Crippen molar-refractivity contribution >= 4 is 40.0 Å². The molecule has 1 aliphatic heterocycles. The molecule has 0 saturated carbocycles. The maximum absolute atomic E-state index is 13.4. The van der Waals surface area contributed by atoms with Crippen LogP contribution in [0, 0.1) is 13.8 Å². The van der Waals surface area contributed by atoms with Gasteiger partial charge in [0.2, 0.25) is 11.9 Å². The molecule has 4 aromatic rings. The summed E-state index contributed by atoms with van der Waals surface area (Å²) >= 11 is 0. The molecule has 0 radical (unpaired) electrons. The minimum atomic E-state index is -0.240. The van der Waals surface area contributed by atoms with E-state index in [9.17, 15) is 9.59 Å². The number of anilines is 3. The van der Waals surface area contributed by atoms with Gasteiger partial charge in [0.25, 0.3) is 5.91 Å². The van der Waals surface area contributed by atoms with E-state index in [0.717, 1.165) is 59.1 Å². The molecule has 0 atom stereocenters. The van der Waals surface area contributed by atoms with E-state index < -0.39 is 0 Å². The van der Waals surface area contributed by atoms with Crippen LogP contribution in [-0.2, 0) is 4.79 Å². The molecule has 1 saturated heterocycles. The zero-order valence-electron chi connectivity index (χ0n) is 22.7. The lowest BCUT2D eigenvalue weighted by Gasteiger charge is -2.25. The van der Waals surface area contributed by atoms with Crippen molar-refractivity contribution in [2.75, 3.05) is 42.6 Å². The van der Waals surface area contributed by atoms with E-state index in [1.807, 2.05) is 68.4 Å². The molecule has 8 nitrogen and oxygen atoms in total. The fraction of sp³-hybridized carbons (Fsp3) is 0.290. The number of likely N-dealkylation sites (tertiary alicyclic amines) is 1. The highest BCUT2D eigenvalue weighted by molar-refractivity contribution is 6.08. The summed E-state index contributed by atoms with van der Waals surface area (Å²) < 4.78 is 0. The predicted molar refractivity (Wildman–Crippen MR) is 157 cm³/mol. The molecule has 3 N–H and O–H groups in total. The van der Waals surface area contributed by atoms with Gasteiger partial charge in [-0.15, -0.1) is 0 Å². The van der Waals surface area contributed by atoms with Gasteiger partial charge in [0, 0.05) is 24.2 Å². The normalized spacial score (nSPS) is 13.7. The van der Waals surface area contributed by atoms with Gasteiger partial charge in [0.15, 0.2) is 0 Å². The third-order valence-corrected chi connectivity index (χ3v) is 7.13. The van der Waals surface area contributed by atoms with Crippen molar-refractivity contribution in [2.24, 2.45) is 0 Å². The number of hydrogen-bond donors (Lipinski definition) is 3. The Morgan fingerprint density at radius 2 is 1.72 bits per heavy atom. The molecular formula is C31H34N6O2. The van der Waals surface area contributed by atoms with Gasteiger partial charge in [0.05, 0.1) is 23.4 Å². The lowest BCUT2D eigenvalue weighted by atomic mass is 9.97. The second-order valence-corrected chi connectivity index (χ2v) is 10.1. The third kappa shape index (κ3) is 6.23. The predicted octanol–water partition coefficient (Wildman–Crippen LogP) is 5.63. The number of benzene rings is 3. The van der Waals surface area contributed by atoms with Gasteiger partial charge in [-0.25, -0.2) is 9.97 Å². The SMILES string of the molecule is CNc1ncc2cc(-c3cc(C(=O)Nc4cc(C)ccc4NC(=O)CN4CCCCC4)ccc3C)ccc2n1. The van der Waals surface area contributed by atoms with E-state index >= 15 is 0 Å². The van der Waals surface area contributed by atoms with Crippen molar-refractivity contribution in [3.63, 3.8) is 0 Å². The van der Waals surface area contributed by atoms with Gasteiger partial charge < -0.3 is 16.0 Å². The molecular weight excluding hydrogens is 488 g/mol. The van der Waals surface area contributed by atoms with E-state index in [1.165, 1.54) is 6.42 Å². The fourth-order valence-corrected chi connectivity index (χ4v) is 4.97. The number of rotatable bonds is 7. The number of nitrogens with one attached hydrogen (secondary N) is 3. The first-order chi connectivity index (χ1) is 18.9. The first-order valence-electron chi connectivity index (χ1n) is 13.4. The van der Waals surface area contributed by atoms with Crippen LogP contribution >= 0.6 is 0 Å². The topological polar surface area (TPSA) is 99.2 Å². The summed E-state index contributed by atoms with van der Waals surface area (Å²) in [5, 5.41) is 9.90. The summed E-state index contributed by atoms with van der Waals surface area (Å²) in [6.45, 7) is 6.24. The molecule has 0 aliphatic carbocycles. The molecule has 3 aromatic carbocycles. The molecule has 1 aliphatic rings. The fourth-order valence-electron chi connectivity index (χ4n) is 4.97. The number of aromatic nitrogens is 2. The number of aryl methyl sites for hydroxylation is 2. The van der Waals surface area contributed by atoms with Crippen LogP contribution in [0.4, 0.5) is 17.3 Å². The van der Waals surface area contributed by atoms with Crippen LogP contribution in [0.2, 0.25) is 0 Å². The van der Waals surface area contributed by atoms with Crippen molar-refractivity contribution in [3.05, 3.63) is 77.5 Å². The van der Waals surface area contributed by atoms with Crippen LogP contribution in [0.3, 0.4) is 0 Å². The molecule has 1 aromatic heterocycles. The standard InChI is InChI=1S/C31H34N6O2/c1-20-7-11-27(34-29(38)19-37-13-5-4-6-14-37)28(15-20)35-30(39)23-9-8-21(2)25(17-23)22-10-12-26-24(16-22)18-33-31(32-3)36-26/h7-12,15-18H,4-6,13-14,19H2,1-3H3,(H,34,38)(H,35,39)(H,32,33,36). The Hall–Kier alpha value is -4.30. The van der Waals surface area contributed by atoms with Gasteiger partial charge in [-0.1, -0.05) is 24.6 Å². The van der Waals surface area contributed by atoms with E-state index in [2.05, 4.69) is 30.8 Å². The van der Waals surface area contributed by atoms with Crippen molar-refractivity contribution in [1.82, 2.24) is 14.9 Å². The average molecular weight is 523 g/mol. The van der Waals surface area contributed by atoms with Crippen LogP contribution in [0.25, 0.3) is 22.0 Å². The maximum atomic E-state index is 13.4. The second-order valence-electron chi connectivity index (χ2n) is 10.1. The Morgan fingerprint density at radius 1 is 0.897 bits per heavy atom. The van der Waals surface area contributed by atoms with E-state index in [4.69, 9.17) is 0 Å². The Morgan fingerprint density at radius 3 is 2.51 bits per heavy atom. The van der Waals surface area contributed by atoms with Gasteiger partial charge in [0.1, 0.15) is 0 Å². The number of nitrogens with zero attached hydrogens (tertiary/aromatic N) is 3. The number of hydrogen-bond acceptors (Lipinski definition) is 6. The highest BCUT2D eigenvalue weighted by atomic mass is 16.2. The monoisotopic (exact) mass is 522 g/mol. The number of carbonyl (C=O) groups excluding carboxylic acids is 2. The van der Waals surface area contributed by atoms with Gasteiger partial charge in [-0.3, -0.25) is 14.5 Å². The van der Waals surface area contributed by atoms with Crippen LogP contribution in [0.15, 0.2) is 60.8 Å². The first-order valence-corrected chi connectivity index (χ1v) is 13.4. The smallest absolute Gasteiger partial charge is 0.255 e. The Labute approximate surface area is 228 Å². The van der Waals surface area contributed by atoms with Crippen LogP contribution < -0.4 is 16.0 Å². The number of piperidine rings is 1. The lowest BCUT2D eigenvalue weighted by molar-refractivity contribution is -0.117. The summed E-state index contributed by atoms with van der Waals surface area (Å²) in [7, 11) is 1.79. The number of carbonyl (C=O) groups is 2. The molecule has 2 heterocycles. The zero-order valence-corrected chi connectivity index (χ0v) is 22.7. The minimum Gasteiger partial charge on any atom is -0.357 e.